The van der Waals surface area contributed by atoms with Crippen molar-refractivity contribution in [2.45, 2.75) is 107 Å². The molecule has 2 aliphatic heterocycles. The molecule has 2 nitrogen and oxygen atoms in total. The van der Waals surface area contributed by atoms with Gasteiger partial charge in [-0.15, -0.1) is 0 Å². The van der Waals surface area contributed by atoms with Gasteiger partial charge in [0.1, 0.15) is 0 Å². The normalized spacial score (nSPS) is 28.6. The highest BCUT2D eigenvalue weighted by Crippen LogP contribution is 2.74. The van der Waals surface area contributed by atoms with Crippen molar-refractivity contribution in [1.82, 2.24) is 0 Å². The van der Waals surface area contributed by atoms with Crippen LogP contribution in [0.2, 0.25) is 0 Å². The van der Waals surface area contributed by atoms with Gasteiger partial charge in [0.25, 0.3) is 0 Å². The van der Waals surface area contributed by atoms with Gasteiger partial charge >= 0.3 is 0 Å². The Morgan fingerprint density at radius 1 is 0.492 bits per heavy atom. The quantitative estimate of drug-likeness (QED) is 0.166. The van der Waals surface area contributed by atoms with Crippen LogP contribution >= 0.6 is 0 Å². The molecular formula is C57H54N2. The van der Waals surface area contributed by atoms with E-state index in [1.54, 1.807) is 5.57 Å². The highest BCUT2D eigenvalue weighted by molar-refractivity contribution is 5.95. The van der Waals surface area contributed by atoms with Gasteiger partial charge in [0.15, 0.2) is 0 Å². The summed E-state index contributed by atoms with van der Waals surface area (Å²) in [4.78, 5) is 5.37. The molecule has 12 rings (SSSR count). The molecule has 6 aliphatic rings. The second kappa shape index (κ2) is 11.8. The summed E-state index contributed by atoms with van der Waals surface area (Å²) in [5.74, 6) is 0.663. The van der Waals surface area contributed by atoms with Crippen LogP contribution in [-0.2, 0) is 21.7 Å². The minimum Gasteiger partial charge on any atom is -0.328 e. The van der Waals surface area contributed by atoms with Gasteiger partial charge in [-0.1, -0.05) is 136 Å². The average Bonchev–Trinajstić information content (AvgIpc) is 3.61. The summed E-state index contributed by atoms with van der Waals surface area (Å²) in [5, 5.41) is 2.57. The molecular weight excluding hydrogens is 713 g/mol. The molecule has 2 heterocycles. The standard InChI is InChI=1S/C57H54N2/c1-53(2)43-25-15-16-26-44(43)56(5)49(53)35-55(4)51-52(56)57(6)45-27-17-18-28-47(45)58(41-23-11-8-12-24-41)50(57)36-54(51,3)46-33-39-21-13-14-22-40(39)34-48(46)59(55)42-31-29-38(30-32-42)37-19-9-7-10-20-37/h8,11-18,21-37H,7,9-10,19-20H2,1-6H3. The van der Waals surface area contributed by atoms with Crippen LogP contribution in [0.1, 0.15) is 107 Å². The first-order valence-electron chi connectivity index (χ1n) is 22.2. The predicted octanol–water partition coefficient (Wildman–Crippen LogP) is 14.5. The lowest BCUT2D eigenvalue weighted by Gasteiger charge is -2.63. The van der Waals surface area contributed by atoms with E-state index in [2.05, 4.69) is 203 Å². The smallest absolute Gasteiger partial charge is 0.0836 e. The van der Waals surface area contributed by atoms with Crippen LogP contribution in [0.25, 0.3) is 10.8 Å². The van der Waals surface area contributed by atoms with Crippen LogP contribution in [0.4, 0.5) is 22.7 Å². The molecule has 1 saturated carbocycles. The third kappa shape index (κ3) is 4.33. The lowest BCUT2D eigenvalue weighted by molar-refractivity contribution is 0.392. The van der Waals surface area contributed by atoms with E-state index in [0.29, 0.717) is 5.92 Å². The van der Waals surface area contributed by atoms with Crippen LogP contribution in [0, 0.1) is 0 Å². The Bertz CT molecular complexity index is 2850. The van der Waals surface area contributed by atoms with Crippen molar-refractivity contribution in [2.24, 2.45) is 0 Å². The largest absolute Gasteiger partial charge is 0.328 e. The van der Waals surface area contributed by atoms with Gasteiger partial charge < -0.3 is 9.80 Å². The van der Waals surface area contributed by atoms with Gasteiger partial charge in [0.05, 0.1) is 16.6 Å². The van der Waals surface area contributed by atoms with Gasteiger partial charge in [-0.3, -0.25) is 0 Å². The van der Waals surface area contributed by atoms with Gasteiger partial charge in [-0.25, -0.2) is 0 Å². The molecule has 0 spiro atoms. The number of para-hydroxylation sites is 2. The van der Waals surface area contributed by atoms with Gasteiger partial charge in [0, 0.05) is 39.0 Å². The van der Waals surface area contributed by atoms with E-state index < -0.39 is 16.4 Å². The molecule has 0 bridgehead atoms. The highest BCUT2D eigenvalue weighted by Gasteiger charge is 2.68. The summed E-state index contributed by atoms with van der Waals surface area (Å²) in [6.45, 7) is 15.3. The van der Waals surface area contributed by atoms with Crippen LogP contribution in [0.15, 0.2) is 174 Å². The average molecular weight is 767 g/mol. The fourth-order valence-electron chi connectivity index (χ4n) is 13.8. The number of hydrogen-bond acceptors (Lipinski definition) is 2. The zero-order chi connectivity index (χ0) is 40.1. The molecule has 2 heteroatoms. The molecule has 1 fully saturated rings. The third-order valence-electron chi connectivity index (χ3n) is 16.3. The van der Waals surface area contributed by atoms with Crippen molar-refractivity contribution < 1.29 is 0 Å². The van der Waals surface area contributed by atoms with Gasteiger partial charge in [-0.2, -0.15) is 0 Å². The summed E-state index contributed by atoms with van der Waals surface area (Å²) in [6.07, 6.45) is 12.1. The first-order chi connectivity index (χ1) is 28.5. The van der Waals surface area contributed by atoms with E-state index in [9.17, 15) is 0 Å². The van der Waals surface area contributed by atoms with E-state index in [1.807, 2.05) is 0 Å². The Kier molecular flexibility index (Phi) is 7.06. The van der Waals surface area contributed by atoms with Crippen molar-refractivity contribution in [1.29, 1.82) is 0 Å². The van der Waals surface area contributed by atoms with E-state index in [4.69, 9.17) is 0 Å². The van der Waals surface area contributed by atoms with Gasteiger partial charge in [0.2, 0.25) is 0 Å². The molecule has 59 heavy (non-hydrogen) atoms. The number of hydrogen-bond donors (Lipinski definition) is 0. The maximum atomic E-state index is 2.76. The molecule has 0 saturated heterocycles. The summed E-state index contributed by atoms with van der Waals surface area (Å²) in [6, 6.07) is 53.7. The van der Waals surface area contributed by atoms with Crippen LogP contribution in [-0.4, -0.2) is 5.54 Å². The Labute approximate surface area is 350 Å². The Morgan fingerprint density at radius 2 is 1.12 bits per heavy atom. The first kappa shape index (κ1) is 35.4. The SMILES string of the molecule is CC1(C)C2=CC3(C)C4=C(C5(C)C(=CC4(C)c4cc6ccccc6cc4N3c3ccc(C4CCCCC4)cc3)N(c3ccccc3)c3ccccc35)C2(C)c2ccccc21. The Morgan fingerprint density at radius 3 is 1.85 bits per heavy atom. The number of allylic oxidation sites excluding steroid dienone is 3. The second-order valence-electron chi connectivity index (χ2n) is 19.8. The van der Waals surface area contributed by atoms with Gasteiger partial charge in [-0.05, 0) is 150 Å². The summed E-state index contributed by atoms with van der Waals surface area (Å²) < 4.78 is 0. The van der Waals surface area contributed by atoms with Crippen molar-refractivity contribution in [3.63, 3.8) is 0 Å². The Hall–Kier alpha value is -5.60. The maximum Gasteiger partial charge on any atom is 0.0836 e. The van der Waals surface area contributed by atoms with Crippen LogP contribution in [0.3, 0.4) is 0 Å². The molecule has 4 aliphatic carbocycles. The van der Waals surface area contributed by atoms with E-state index >= 15 is 0 Å². The maximum absolute atomic E-state index is 2.76. The lowest BCUT2D eigenvalue weighted by Crippen LogP contribution is -2.61. The fourth-order valence-corrected chi connectivity index (χ4v) is 13.8. The molecule has 0 amide bonds. The number of nitrogens with zero attached hydrogens (tertiary/aromatic N) is 2. The first-order valence-corrected chi connectivity index (χ1v) is 22.2. The predicted molar refractivity (Wildman–Crippen MR) is 246 cm³/mol. The zero-order valence-electron chi connectivity index (χ0n) is 35.4. The molecule has 6 aromatic rings. The minimum absolute atomic E-state index is 0.182. The van der Waals surface area contributed by atoms with E-state index in [0.717, 1.165) is 0 Å². The number of fused-ring (bicyclic) bond motifs is 11. The van der Waals surface area contributed by atoms with Crippen molar-refractivity contribution in [2.75, 3.05) is 9.80 Å². The monoisotopic (exact) mass is 766 g/mol. The van der Waals surface area contributed by atoms with Crippen LogP contribution < -0.4 is 9.80 Å². The summed E-state index contributed by atoms with van der Waals surface area (Å²) in [7, 11) is 0. The zero-order valence-corrected chi connectivity index (χ0v) is 35.4. The van der Waals surface area contributed by atoms with Crippen molar-refractivity contribution in [3.8, 4) is 0 Å². The molecule has 6 aromatic carbocycles. The molecule has 0 N–H and O–H groups in total. The van der Waals surface area contributed by atoms with E-state index in [1.165, 1.54) is 110 Å². The summed E-state index contributed by atoms with van der Waals surface area (Å²) >= 11 is 0. The number of anilines is 4. The molecule has 4 unspecified atom stereocenters. The molecule has 0 radical (unpaired) electrons. The van der Waals surface area contributed by atoms with E-state index in [-0.39, 0.29) is 10.8 Å². The molecule has 0 aromatic heterocycles. The summed E-state index contributed by atoms with van der Waals surface area (Å²) in [5.41, 5.74) is 16.3. The van der Waals surface area contributed by atoms with Crippen LogP contribution in [0.5, 0.6) is 0 Å². The lowest BCUT2D eigenvalue weighted by atomic mass is 9.46. The number of benzene rings is 6. The molecule has 4 atom stereocenters. The Balaban J connectivity index is 1.23. The minimum atomic E-state index is -0.486. The number of rotatable bonds is 3. The highest BCUT2D eigenvalue weighted by atomic mass is 15.2. The van der Waals surface area contributed by atoms with Crippen molar-refractivity contribution >= 4 is 33.5 Å². The van der Waals surface area contributed by atoms with Crippen molar-refractivity contribution in [3.05, 3.63) is 202 Å². The fraction of sp³-hybridized carbons (Fsp3) is 0.298. The third-order valence-corrected chi connectivity index (χ3v) is 16.3. The second-order valence-corrected chi connectivity index (χ2v) is 19.8. The molecule has 292 valence electrons. The topological polar surface area (TPSA) is 6.48 Å².